The van der Waals surface area contributed by atoms with Gasteiger partial charge in [-0.3, -0.25) is 19.7 Å². The zero-order valence-corrected chi connectivity index (χ0v) is 9.64. The maximum Gasteiger partial charge on any atom is 0.416 e. The molecule has 2 rings (SSSR count). The van der Waals surface area contributed by atoms with Crippen LogP contribution in [-0.2, 0) is 20.5 Å². The van der Waals surface area contributed by atoms with E-state index >= 15 is 0 Å². The summed E-state index contributed by atoms with van der Waals surface area (Å²) in [5.41, 5.74) is -2.32. The summed E-state index contributed by atoms with van der Waals surface area (Å²) in [4.78, 5) is 31.9. The molecule has 0 bridgehead atoms. The maximum absolute atomic E-state index is 12.7. The van der Waals surface area contributed by atoms with E-state index in [2.05, 4.69) is 4.74 Å². The van der Waals surface area contributed by atoms with Gasteiger partial charge in [0.1, 0.15) is 0 Å². The highest BCUT2D eigenvalue weighted by atomic mass is 19.4. The van der Waals surface area contributed by atoms with Crippen LogP contribution in [0.15, 0.2) is 18.2 Å². The molecule has 0 aromatic heterocycles. The average Bonchev–Trinajstić information content (AvgIpc) is 2.66. The van der Waals surface area contributed by atoms with Gasteiger partial charge in [0.25, 0.3) is 5.69 Å². The van der Waals surface area contributed by atoms with Crippen molar-refractivity contribution < 1.29 is 32.4 Å². The van der Waals surface area contributed by atoms with Gasteiger partial charge in [0, 0.05) is 12.1 Å². The van der Waals surface area contributed by atoms with Crippen molar-refractivity contribution in [2.24, 2.45) is 0 Å². The molecule has 0 saturated carbocycles. The second kappa shape index (κ2) is 4.58. The second-order valence-corrected chi connectivity index (χ2v) is 4.12. The number of hydrogen-bond donors (Lipinski definition) is 0. The summed E-state index contributed by atoms with van der Waals surface area (Å²) in [6.07, 6.45) is -5.23. The van der Waals surface area contributed by atoms with Crippen molar-refractivity contribution in [3.05, 3.63) is 39.4 Å². The molecule has 0 aliphatic carbocycles. The van der Waals surface area contributed by atoms with Gasteiger partial charge in [-0.1, -0.05) is 0 Å². The summed E-state index contributed by atoms with van der Waals surface area (Å²) in [5.74, 6) is -3.13. The molecule has 1 aromatic carbocycles. The Kier molecular flexibility index (Phi) is 3.20. The van der Waals surface area contributed by atoms with Crippen LogP contribution in [0.2, 0.25) is 0 Å². The van der Waals surface area contributed by atoms with Gasteiger partial charge in [-0.15, -0.1) is 0 Å². The normalized spacial score (nSPS) is 19.1. The van der Waals surface area contributed by atoms with Gasteiger partial charge in [-0.05, 0) is 11.6 Å². The fraction of sp³-hybridized carbons (Fsp3) is 0.273. The molecular weight excluding hydrogens is 283 g/mol. The standard InChI is InChI=1S/C11H6F3NO5/c12-11(13,14)6-1-5(2-7(3-6)15(18)19)8-4-9(16)20-10(8)17/h1-3,8H,4H2. The van der Waals surface area contributed by atoms with Crippen LogP contribution >= 0.6 is 0 Å². The van der Waals surface area contributed by atoms with Gasteiger partial charge in [-0.25, -0.2) is 0 Å². The van der Waals surface area contributed by atoms with E-state index in [-0.39, 0.29) is 5.56 Å². The van der Waals surface area contributed by atoms with Crippen molar-refractivity contribution in [3.63, 3.8) is 0 Å². The van der Waals surface area contributed by atoms with Crippen LogP contribution in [0.5, 0.6) is 0 Å². The number of hydrogen-bond acceptors (Lipinski definition) is 5. The van der Waals surface area contributed by atoms with Gasteiger partial charge in [-0.2, -0.15) is 13.2 Å². The molecule has 1 fully saturated rings. The number of benzene rings is 1. The molecule has 1 aliphatic heterocycles. The van der Waals surface area contributed by atoms with Crippen LogP contribution < -0.4 is 0 Å². The van der Waals surface area contributed by atoms with Crippen LogP contribution in [-0.4, -0.2) is 16.9 Å². The fourth-order valence-electron chi connectivity index (χ4n) is 1.83. The zero-order chi connectivity index (χ0) is 15.1. The Morgan fingerprint density at radius 3 is 2.35 bits per heavy atom. The number of nitrogens with zero attached hydrogens (tertiary/aromatic N) is 1. The lowest BCUT2D eigenvalue weighted by Gasteiger charge is -2.10. The van der Waals surface area contributed by atoms with E-state index in [9.17, 15) is 32.9 Å². The summed E-state index contributed by atoms with van der Waals surface area (Å²) in [6.45, 7) is 0. The number of carbonyl (C=O) groups is 2. The fourth-order valence-corrected chi connectivity index (χ4v) is 1.83. The van der Waals surface area contributed by atoms with Gasteiger partial charge in [0.05, 0.1) is 22.8 Å². The summed E-state index contributed by atoms with van der Waals surface area (Å²) < 4.78 is 42.2. The van der Waals surface area contributed by atoms with Crippen LogP contribution in [0.3, 0.4) is 0 Å². The van der Waals surface area contributed by atoms with E-state index in [1.54, 1.807) is 0 Å². The minimum Gasteiger partial charge on any atom is -0.393 e. The van der Waals surface area contributed by atoms with Crippen LogP contribution in [0, 0.1) is 10.1 Å². The number of nitro benzene ring substituents is 1. The number of halogens is 3. The first-order valence-electron chi connectivity index (χ1n) is 5.29. The summed E-state index contributed by atoms with van der Waals surface area (Å²) in [5, 5.41) is 10.6. The van der Waals surface area contributed by atoms with Crippen molar-refractivity contribution in [1.82, 2.24) is 0 Å². The van der Waals surface area contributed by atoms with E-state index in [4.69, 9.17) is 0 Å². The number of rotatable bonds is 2. The molecule has 20 heavy (non-hydrogen) atoms. The molecule has 1 aromatic rings. The number of cyclic esters (lactones) is 2. The molecule has 1 heterocycles. The molecule has 1 saturated heterocycles. The van der Waals surface area contributed by atoms with Gasteiger partial charge in [0.2, 0.25) is 0 Å². The average molecular weight is 289 g/mol. The minimum atomic E-state index is -4.80. The molecule has 0 N–H and O–H groups in total. The summed E-state index contributed by atoms with van der Waals surface area (Å²) in [6, 6.07) is 1.81. The van der Waals surface area contributed by atoms with Gasteiger partial charge < -0.3 is 4.74 Å². The van der Waals surface area contributed by atoms with Crippen molar-refractivity contribution in [1.29, 1.82) is 0 Å². The maximum atomic E-state index is 12.7. The van der Waals surface area contributed by atoms with E-state index in [0.717, 1.165) is 6.07 Å². The van der Waals surface area contributed by atoms with Gasteiger partial charge >= 0.3 is 18.1 Å². The van der Waals surface area contributed by atoms with Crippen molar-refractivity contribution in [2.45, 2.75) is 18.5 Å². The Hall–Kier alpha value is -2.45. The second-order valence-electron chi connectivity index (χ2n) is 4.12. The third-order valence-electron chi connectivity index (χ3n) is 2.75. The Morgan fingerprint density at radius 1 is 1.25 bits per heavy atom. The number of esters is 2. The van der Waals surface area contributed by atoms with Crippen LogP contribution in [0.1, 0.15) is 23.5 Å². The SMILES string of the molecule is O=C1CC(c2cc([N+](=O)[O-])cc(C(F)(F)F)c2)C(=O)O1. The highest BCUT2D eigenvalue weighted by molar-refractivity contribution is 5.97. The number of non-ortho nitro benzene ring substituents is 1. The van der Waals surface area contributed by atoms with Gasteiger partial charge in [0.15, 0.2) is 0 Å². The number of ether oxygens (including phenoxy) is 1. The smallest absolute Gasteiger partial charge is 0.393 e. The van der Waals surface area contributed by atoms with E-state index < -0.39 is 46.6 Å². The molecule has 1 atom stereocenters. The molecule has 106 valence electrons. The third kappa shape index (κ3) is 2.60. The van der Waals surface area contributed by atoms with Crippen LogP contribution in [0.25, 0.3) is 0 Å². The summed E-state index contributed by atoms with van der Waals surface area (Å²) >= 11 is 0. The molecule has 9 heteroatoms. The van der Waals surface area contributed by atoms with Crippen LogP contribution in [0.4, 0.5) is 18.9 Å². The molecule has 6 nitrogen and oxygen atoms in total. The number of alkyl halides is 3. The predicted molar refractivity (Wildman–Crippen MR) is 56.6 cm³/mol. The number of nitro groups is 1. The summed E-state index contributed by atoms with van der Waals surface area (Å²) in [7, 11) is 0. The first-order chi connectivity index (χ1) is 9.18. The highest BCUT2D eigenvalue weighted by Gasteiger charge is 2.38. The Labute approximate surface area is 109 Å². The third-order valence-corrected chi connectivity index (χ3v) is 2.75. The first kappa shape index (κ1) is 14.0. The largest absolute Gasteiger partial charge is 0.416 e. The quantitative estimate of drug-likeness (QED) is 0.360. The van der Waals surface area contributed by atoms with E-state index in [1.165, 1.54) is 0 Å². The van der Waals surface area contributed by atoms with E-state index in [0.29, 0.717) is 12.1 Å². The highest BCUT2D eigenvalue weighted by Crippen LogP contribution is 2.36. The van der Waals surface area contributed by atoms with Crippen molar-refractivity contribution in [3.8, 4) is 0 Å². The molecule has 1 unspecified atom stereocenters. The Morgan fingerprint density at radius 2 is 1.90 bits per heavy atom. The monoisotopic (exact) mass is 289 g/mol. The first-order valence-corrected chi connectivity index (χ1v) is 5.29. The molecule has 0 amide bonds. The number of carbonyl (C=O) groups excluding carboxylic acids is 2. The topological polar surface area (TPSA) is 86.5 Å². The lowest BCUT2D eigenvalue weighted by atomic mass is 9.95. The van der Waals surface area contributed by atoms with Crippen molar-refractivity contribution in [2.75, 3.05) is 0 Å². The zero-order valence-electron chi connectivity index (χ0n) is 9.64. The molecule has 0 spiro atoms. The van der Waals surface area contributed by atoms with E-state index in [1.807, 2.05) is 0 Å². The lowest BCUT2D eigenvalue weighted by molar-refractivity contribution is -0.385. The lowest BCUT2D eigenvalue weighted by Crippen LogP contribution is -2.11. The molecule has 1 aliphatic rings. The Balaban J connectivity index is 2.53. The predicted octanol–water partition coefficient (Wildman–Crippen LogP) is 2.17. The molecule has 0 radical (unpaired) electrons. The minimum absolute atomic E-state index is 0.262. The van der Waals surface area contributed by atoms with Crippen molar-refractivity contribution >= 4 is 17.6 Å². The Bertz CT molecular complexity index is 611. The molecular formula is C11H6F3NO5.